The lowest BCUT2D eigenvalue weighted by Gasteiger charge is -2.23. The minimum Gasteiger partial charge on any atom is -0.399 e. The van der Waals surface area contributed by atoms with Crippen molar-refractivity contribution in [3.05, 3.63) is 29.6 Å². The molecule has 0 aliphatic rings. The maximum atomic E-state index is 13.5. The quantitative estimate of drug-likeness (QED) is 0.680. The number of rotatable bonds is 4. The van der Waals surface area contributed by atoms with E-state index in [-0.39, 0.29) is 12.2 Å². The van der Waals surface area contributed by atoms with E-state index >= 15 is 0 Å². The largest absolute Gasteiger partial charge is 0.406 e. The van der Waals surface area contributed by atoms with Gasteiger partial charge in [0.15, 0.2) is 0 Å². The molecule has 0 radical (unpaired) electrons. The second-order valence-corrected chi connectivity index (χ2v) is 4.08. The fourth-order valence-corrected chi connectivity index (χ4v) is 1.62. The number of carbonyl (C=O) groups is 1. The van der Waals surface area contributed by atoms with Crippen LogP contribution in [-0.4, -0.2) is 30.1 Å². The van der Waals surface area contributed by atoms with Crippen LogP contribution in [0.4, 0.5) is 23.2 Å². The fourth-order valence-electron chi connectivity index (χ4n) is 1.62. The first-order chi connectivity index (χ1) is 8.74. The molecule has 0 aliphatic carbocycles. The number of hydrogen-bond donors (Lipinski definition) is 1. The van der Waals surface area contributed by atoms with Crippen LogP contribution in [0.3, 0.4) is 0 Å². The van der Waals surface area contributed by atoms with E-state index in [0.717, 1.165) is 12.1 Å². The van der Waals surface area contributed by atoms with Gasteiger partial charge in [0, 0.05) is 12.2 Å². The second kappa shape index (κ2) is 5.90. The Kier molecular flexibility index (Phi) is 4.74. The summed E-state index contributed by atoms with van der Waals surface area (Å²) in [5.41, 5.74) is 5.08. The van der Waals surface area contributed by atoms with Crippen molar-refractivity contribution in [3.63, 3.8) is 0 Å². The standard InChI is InChI=1S/C12H14F4N2O/c1-2-5-18(7-12(14,15)16)11(19)9-6-8(17)3-4-10(9)13/h3-4,6H,2,5,7,17H2,1H3. The summed E-state index contributed by atoms with van der Waals surface area (Å²) in [6.07, 6.45) is -4.19. The highest BCUT2D eigenvalue weighted by Gasteiger charge is 2.33. The molecule has 19 heavy (non-hydrogen) atoms. The van der Waals surface area contributed by atoms with Gasteiger partial charge in [0.1, 0.15) is 12.4 Å². The van der Waals surface area contributed by atoms with Crippen LogP contribution < -0.4 is 5.73 Å². The van der Waals surface area contributed by atoms with Crippen LogP contribution in [0.25, 0.3) is 0 Å². The number of nitrogens with two attached hydrogens (primary N) is 1. The summed E-state index contributed by atoms with van der Waals surface area (Å²) in [5, 5.41) is 0. The van der Waals surface area contributed by atoms with Crippen LogP contribution in [0.1, 0.15) is 23.7 Å². The first kappa shape index (κ1) is 15.3. The topological polar surface area (TPSA) is 46.3 Å². The van der Waals surface area contributed by atoms with Gasteiger partial charge in [-0.15, -0.1) is 0 Å². The third kappa shape index (κ3) is 4.42. The number of alkyl halides is 3. The number of carbonyl (C=O) groups excluding carboxylic acids is 1. The lowest BCUT2D eigenvalue weighted by Crippen LogP contribution is -2.39. The van der Waals surface area contributed by atoms with Gasteiger partial charge in [0.2, 0.25) is 0 Å². The van der Waals surface area contributed by atoms with E-state index in [1.807, 2.05) is 0 Å². The Morgan fingerprint density at radius 1 is 1.37 bits per heavy atom. The zero-order chi connectivity index (χ0) is 14.6. The van der Waals surface area contributed by atoms with Crippen molar-refractivity contribution in [2.75, 3.05) is 18.8 Å². The Hall–Kier alpha value is -1.79. The molecule has 0 fully saturated rings. The SMILES string of the molecule is CCCN(CC(F)(F)F)C(=O)c1cc(N)ccc1F. The average molecular weight is 278 g/mol. The summed E-state index contributed by atoms with van der Waals surface area (Å²) >= 11 is 0. The zero-order valence-electron chi connectivity index (χ0n) is 10.3. The molecule has 0 aromatic heterocycles. The van der Waals surface area contributed by atoms with Gasteiger partial charge < -0.3 is 10.6 Å². The summed E-state index contributed by atoms with van der Waals surface area (Å²) in [4.78, 5) is 12.5. The Bertz CT molecular complexity index is 460. The third-order valence-electron chi connectivity index (χ3n) is 2.37. The molecule has 1 aromatic rings. The lowest BCUT2D eigenvalue weighted by molar-refractivity contribution is -0.140. The van der Waals surface area contributed by atoms with Crippen LogP contribution >= 0.6 is 0 Å². The van der Waals surface area contributed by atoms with E-state index in [1.54, 1.807) is 6.92 Å². The van der Waals surface area contributed by atoms with Gasteiger partial charge in [-0.1, -0.05) is 6.92 Å². The third-order valence-corrected chi connectivity index (χ3v) is 2.37. The molecule has 0 unspecified atom stereocenters. The molecule has 0 saturated heterocycles. The van der Waals surface area contributed by atoms with Gasteiger partial charge in [0.05, 0.1) is 5.56 Å². The molecule has 0 saturated carbocycles. The maximum absolute atomic E-state index is 13.5. The van der Waals surface area contributed by atoms with Crippen molar-refractivity contribution < 1.29 is 22.4 Å². The molecule has 0 atom stereocenters. The number of halogens is 4. The van der Waals surface area contributed by atoms with E-state index in [1.165, 1.54) is 6.07 Å². The van der Waals surface area contributed by atoms with Gasteiger partial charge in [-0.2, -0.15) is 13.2 Å². The van der Waals surface area contributed by atoms with Gasteiger partial charge >= 0.3 is 6.18 Å². The Morgan fingerprint density at radius 3 is 2.53 bits per heavy atom. The number of nitrogen functional groups attached to an aromatic ring is 1. The van der Waals surface area contributed by atoms with Crippen LogP contribution in [0.2, 0.25) is 0 Å². The number of amides is 1. The molecule has 1 amide bonds. The Labute approximate surface area is 108 Å². The highest BCUT2D eigenvalue weighted by atomic mass is 19.4. The predicted molar refractivity (Wildman–Crippen MR) is 63.1 cm³/mol. The van der Waals surface area contributed by atoms with E-state index in [4.69, 9.17) is 5.73 Å². The van der Waals surface area contributed by atoms with Crippen molar-refractivity contribution >= 4 is 11.6 Å². The summed E-state index contributed by atoms with van der Waals surface area (Å²) in [6, 6.07) is 3.23. The van der Waals surface area contributed by atoms with Crippen LogP contribution in [0, 0.1) is 5.82 Å². The molecule has 0 heterocycles. The van der Waals surface area contributed by atoms with Gasteiger partial charge in [0.25, 0.3) is 5.91 Å². The molecule has 0 bridgehead atoms. The highest BCUT2D eigenvalue weighted by molar-refractivity contribution is 5.95. The smallest absolute Gasteiger partial charge is 0.399 e. The van der Waals surface area contributed by atoms with Gasteiger partial charge in [-0.3, -0.25) is 4.79 Å². The molecular formula is C12H14F4N2O. The molecule has 0 spiro atoms. The molecule has 7 heteroatoms. The molecular weight excluding hydrogens is 264 g/mol. The van der Waals surface area contributed by atoms with Crippen LogP contribution in [-0.2, 0) is 0 Å². The zero-order valence-corrected chi connectivity index (χ0v) is 10.3. The van der Waals surface area contributed by atoms with E-state index in [9.17, 15) is 22.4 Å². The van der Waals surface area contributed by atoms with E-state index < -0.39 is 30.0 Å². The van der Waals surface area contributed by atoms with E-state index in [2.05, 4.69) is 0 Å². The first-order valence-corrected chi connectivity index (χ1v) is 5.65. The Balaban J connectivity index is 3.02. The molecule has 1 aromatic carbocycles. The maximum Gasteiger partial charge on any atom is 0.406 e. The number of anilines is 1. The monoisotopic (exact) mass is 278 g/mol. The average Bonchev–Trinajstić information content (AvgIpc) is 2.29. The van der Waals surface area contributed by atoms with Crippen molar-refractivity contribution in [2.45, 2.75) is 19.5 Å². The summed E-state index contributed by atoms with van der Waals surface area (Å²) in [6.45, 7) is 0.118. The predicted octanol–water partition coefficient (Wildman–Crippen LogP) is 2.82. The summed E-state index contributed by atoms with van der Waals surface area (Å²) in [7, 11) is 0. The number of benzene rings is 1. The van der Waals surface area contributed by atoms with Gasteiger partial charge in [-0.05, 0) is 24.6 Å². The highest BCUT2D eigenvalue weighted by Crippen LogP contribution is 2.20. The van der Waals surface area contributed by atoms with Crippen LogP contribution in [0.15, 0.2) is 18.2 Å². The molecule has 106 valence electrons. The minimum atomic E-state index is -4.53. The number of hydrogen-bond acceptors (Lipinski definition) is 2. The summed E-state index contributed by atoms with van der Waals surface area (Å²) < 4.78 is 50.6. The van der Waals surface area contributed by atoms with Gasteiger partial charge in [-0.25, -0.2) is 4.39 Å². The molecule has 3 nitrogen and oxygen atoms in total. The Morgan fingerprint density at radius 2 is 2.00 bits per heavy atom. The van der Waals surface area contributed by atoms with Crippen molar-refractivity contribution in [2.24, 2.45) is 0 Å². The lowest BCUT2D eigenvalue weighted by atomic mass is 10.1. The first-order valence-electron chi connectivity index (χ1n) is 5.65. The number of nitrogens with zero attached hydrogens (tertiary/aromatic N) is 1. The normalized spacial score (nSPS) is 11.4. The molecule has 2 N–H and O–H groups in total. The molecule has 1 rings (SSSR count). The van der Waals surface area contributed by atoms with Crippen molar-refractivity contribution in [1.29, 1.82) is 0 Å². The second-order valence-electron chi connectivity index (χ2n) is 4.08. The van der Waals surface area contributed by atoms with Crippen molar-refractivity contribution in [1.82, 2.24) is 4.90 Å². The van der Waals surface area contributed by atoms with E-state index in [0.29, 0.717) is 11.3 Å². The minimum absolute atomic E-state index is 0.105. The fraction of sp³-hybridized carbons (Fsp3) is 0.417. The molecule has 0 aliphatic heterocycles. The summed E-state index contributed by atoms with van der Waals surface area (Å²) in [5.74, 6) is -1.90. The van der Waals surface area contributed by atoms with Crippen LogP contribution in [0.5, 0.6) is 0 Å². The van der Waals surface area contributed by atoms with Crippen molar-refractivity contribution in [3.8, 4) is 0 Å².